The monoisotopic (exact) mass is 206 g/mol. The average Bonchev–Trinajstić information content (AvgIpc) is 2.68. The number of hydrogen-bond donors (Lipinski definition) is 0. The Hall–Kier alpha value is -1.12. The summed E-state index contributed by atoms with van der Waals surface area (Å²) in [5, 5.41) is 4.28. The van der Waals surface area contributed by atoms with Gasteiger partial charge < -0.3 is 0 Å². The molecule has 0 bridgehead atoms. The zero-order valence-electron chi connectivity index (χ0n) is 9.44. The van der Waals surface area contributed by atoms with Crippen LogP contribution in [0.3, 0.4) is 0 Å². The number of Topliss-reactive ketones (excluding diaryl/α,β-unsaturated/α-hetero) is 1. The summed E-state index contributed by atoms with van der Waals surface area (Å²) in [5.74, 6) is 0.953. The van der Waals surface area contributed by atoms with Crippen LogP contribution >= 0.6 is 0 Å². The molecule has 0 aromatic carbocycles. The second-order valence-corrected chi connectivity index (χ2v) is 4.68. The topological polar surface area (TPSA) is 34.9 Å². The molecule has 0 amide bonds. The molecule has 1 heterocycles. The lowest BCUT2D eigenvalue weighted by Gasteiger charge is -2.26. The molecule has 0 aliphatic heterocycles. The molecule has 0 saturated heterocycles. The quantitative estimate of drug-likeness (QED) is 0.697. The molecule has 1 fully saturated rings. The van der Waals surface area contributed by atoms with Crippen LogP contribution in [-0.4, -0.2) is 15.6 Å². The van der Waals surface area contributed by atoms with E-state index in [1.807, 2.05) is 10.9 Å². The smallest absolute Gasteiger partial charge is 0.162 e. The van der Waals surface area contributed by atoms with Crippen molar-refractivity contribution in [1.29, 1.82) is 0 Å². The molecule has 0 atom stereocenters. The van der Waals surface area contributed by atoms with Gasteiger partial charge in [0.2, 0.25) is 0 Å². The summed E-state index contributed by atoms with van der Waals surface area (Å²) in [6.45, 7) is 3.89. The van der Waals surface area contributed by atoms with Gasteiger partial charge in [-0.05, 0) is 38.5 Å². The molecule has 0 unspecified atom stereocenters. The first kappa shape index (κ1) is 10.4. The highest BCUT2D eigenvalue weighted by atomic mass is 16.1. The Morgan fingerprint density at radius 2 is 2.07 bits per heavy atom. The first-order valence-corrected chi connectivity index (χ1v) is 5.72. The van der Waals surface area contributed by atoms with Gasteiger partial charge in [-0.1, -0.05) is 6.92 Å². The van der Waals surface area contributed by atoms with Crippen LogP contribution in [-0.2, 0) is 0 Å². The van der Waals surface area contributed by atoms with Crippen LogP contribution < -0.4 is 0 Å². The molecule has 2 rings (SSSR count). The van der Waals surface area contributed by atoms with Gasteiger partial charge in [-0.15, -0.1) is 0 Å². The van der Waals surface area contributed by atoms with Crippen LogP contribution in [0, 0.1) is 5.92 Å². The Morgan fingerprint density at radius 1 is 1.40 bits per heavy atom. The van der Waals surface area contributed by atoms with Crippen LogP contribution in [0.25, 0.3) is 0 Å². The zero-order valence-corrected chi connectivity index (χ0v) is 9.44. The maximum absolute atomic E-state index is 11.1. The fourth-order valence-corrected chi connectivity index (χ4v) is 2.23. The number of carbonyl (C=O) groups is 1. The Balaban J connectivity index is 2.06. The molecule has 82 valence electrons. The summed E-state index contributed by atoms with van der Waals surface area (Å²) in [6.07, 6.45) is 8.52. The minimum atomic E-state index is 0.102. The summed E-state index contributed by atoms with van der Waals surface area (Å²) < 4.78 is 1.97. The van der Waals surface area contributed by atoms with Gasteiger partial charge in [-0.3, -0.25) is 9.48 Å². The third kappa shape index (κ3) is 2.28. The van der Waals surface area contributed by atoms with Crippen molar-refractivity contribution in [2.24, 2.45) is 5.92 Å². The molecule has 1 aliphatic carbocycles. The molecule has 1 aromatic heterocycles. The lowest BCUT2D eigenvalue weighted by molar-refractivity contribution is 0.101. The molecule has 3 heteroatoms. The highest BCUT2D eigenvalue weighted by molar-refractivity contribution is 5.93. The Labute approximate surface area is 90.5 Å². The van der Waals surface area contributed by atoms with Gasteiger partial charge in [0.25, 0.3) is 0 Å². The SMILES string of the molecule is CC(=O)c1cnn(C2CCC(C)CC2)c1. The minimum absolute atomic E-state index is 0.102. The zero-order chi connectivity index (χ0) is 10.8. The summed E-state index contributed by atoms with van der Waals surface area (Å²) in [4.78, 5) is 11.1. The van der Waals surface area contributed by atoms with E-state index in [2.05, 4.69) is 12.0 Å². The van der Waals surface area contributed by atoms with Crippen molar-refractivity contribution in [2.75, 3.05) is 0 Å². The summed E-state index contributed by atoms with van der Waals surface area (Å²) in [5.41, 5.74) is 0.730. The van der Waals surface area contributed by atoms with Crippen molar-refractivity contribution >= 4 is 5.78 Å². The fourth-order valence-electron chi connectivity index (χ4n) is 2.23. The number of nitrogens with zero attached hydrogens (tertiary/aromatic N) is 2. The Morgan fingerprint density at radius 3 is 2.60 bits per heavy atom. The van der Waals surface area contributed by atoms with Gasteiger partial charge in [0.1, 0.15) is 0 Å². The lowest BCUT2D eigenvalue weighted by Crippen LogP contribution is -2.17. The van der Waals surface area contributed by atoms with E-state index >= 15 is 0 Å². The highest BCUT2D eigenvalue weighted by Crippen LogP contribution is 2.31. The van der Waals surface area contributed by atoms with E-state index in [1.165, 1.54) is 25.7 Å². The second kappa shape index (κ2) is 4.17. The van der Waals surface area contributed by atoms with Crippen molar-refractivity contribution < 1.29 is 4.79 Å². The Kier molecular flexibility index (Phi) is 2.89. The van der Waals surface area contributed by atoms with Crippen molar-refractivity contribution in [3.63, 3.8) is 0 Å². The van der Waals surface area contributed by atoms with Gasteiger partial charge in [-0.25, -0.2) is 0 Å². The van der Waals surface area contributed by atoms with E-state index in [0.29, 0.717) is 6.04 Å². The van der Waals surface area contributed by atoms with Gasteiger partial charge in [-0.2, -0.15) is 5.10 Å². The summed E-state index contributed by atoms with van der Waals surface area (Å²) >= 11 is 0. The van der Waals surface area contributed by atoms with Crippen LogP contribution in [0.4, 0.5) is 0 Å². The maximum Gasteiger partial charge on any atom is 0.162 e. The van der Waals surface area contributed by atoms with E-state index in [0.717, 1.165) is 11.5 Å². The molecular formula is C12H18N2O. The third-order valence-electron chi connectivity index (χ3n) is 3.37. The fraction of sp³-hybridized carbons (Fsp3) is 0.667. The predicted molar refractivity (Wildman–Crippen MR) is 58.9 cm³/mol. The largest absolute Gasteiger partial charge is 0.294 e. The average molecular weight is 206 g/mol. The molecule has 0 spiro atoms. The van der Waals surface area contributed by atoms with Crippen molar-refractivity contribution in [2.45, 2.75) is 45.6 Å². The third-order valence-corrected chi connectivity index (χ3v) is 3.37. The molecule has 15 heavy (non-hydrogen) atoms. The van der Waals surface area contributed by atoms with E-state index in [9.17, 15) is 4.79 Å². The van der Waals surface area contributed by atoms with Crippen LogP contribution in [0.15, 0.2) is 12.4 Å². The number of ketones is 1. The van der Waals surface area contributed by atoms with E-state index < -0.39 is 0 Å². The van der Waals surface area contributed by atoms with Crippen LogP contribution in [0.2, 0.25) is 0 Å². The van der Waals surface area contributed by atoms with Gasteiger partial charge in [0.15, 0.2) is 5.78 Å². The summed E-state index contributed by atoms with van der Waals surface area (Å²) in [6, 6.07) is 0.509. The van der Waals surface area contributed by atoms with Crippen LogP contribution in [0.1, 0.15) is 55.9 Å². The highest BCUT2D eigenvalue weighted by Gasteiger charge is 2.20. The first-order valence-electron chi connectivity index (χ1n) is 5.72. The van der Waals surface area contributed by atoms with E-state index in [4.69, 9.17) is 0 Å². The van der Waals surface area contributed by atoms with Crippen molar-refractivity contribution in [3.8, 4) is 0 Å². The van der Waals surface area contributed by atoms with Crippen molar-refractivity contribution in [3.05, 3.63) is 18.0 Å². The molecule has 1 saturated carbocycles. The van der Waals surface area contributed by atoms with Gasteiger partial charge >= 0.3 is 0 Å². The summed E-state index contributed by atoms with van der Waals surface area (Å²) in [7, 11) is 0. The van der Waals surface area contributed by atoms with E-state index in [1.54, 1.807) is 13.1 Å². The second-order valence-electron chi connectivity index (χ2n) is 4.68. The molecule has 1 aromatic rings. The normalized spacial score (nSPS) is 26.5. The molecule has 1 aliphatic rings. The maximum atomic E-state index is 11.1. The standard InChI is InChI=1S/C12H18N2O/c1-9-3-5-12(6-4-9)14-8-11(7-13-14)10(2)15/h7-9,12H,3-6H2,1-2H3. The minimum Gasteiger partial charge on any atom is -0.294 e. The molecule has 0 N–H and O–H groups in total. The van der Waals surface area contributed by atoms with E-state index in [-0.39, 0.29) is 5.78 Å². The number of carbonyl (C=O) groups excluding carboxylic acids is 1. The number of aromatic nitrogens is 2. The van der Waals surface area contributed by atoms with Gasteiger partial charge in [0, 0.05) is 6.20 Å². The first-order chi connectivity index (χ1) is 7.16. The number of hydrogen-bond acceptors (Lipinski definition) is 2. The molecule has 0 radical (unpaired) electrons. The van der Waals surface area contributed by atoms with Crippen molar-refractivity contribution in [1.82, 2.24) is 9.78 Å². The van der Waals surface area contributed by atoms with Gasteiger partial charge in [0.05, 0.1) is 17.8 Å². The van der Waals surface area contributed by atoms with Crippen LogP contribution in [0.5, 0.6) is 0 Å². The molecular weight excluding hydrogens is 188 g/mol. The Bertz CT molecular complexity index is 348. The number of rotatable bonds is 2. The predicted octanol–water partition coefficient (Wildman–Crippen LogP) is 2.84. The lowest BCUT2D eigenvalue weighted by atomic mass is 9.87. The molecule has 3 nitrogen and oxygen atoms in total.